The first-order valence-corrected chi connectivity index (χ1v) is 11.4. The largest absolute Gasteiger partial charge is 0.507 e. The van der Waals surface area contributed by atoms with Crippen LogP contribution in [-0.4, -0.2) is 27.7 Å². The second-order valence-corrected chi connectivity index (χ2v) is 9.05. The van der Waals surface area contributed by atoms with Crippen molar-refractivity contribution in [2.24, 2.45) is 0 Å². The molecule has 0 spiro atoms. The van der Waals surface area contributed by atoms with E-state index in [9.17, 15) is 14.7 Å². The highest BCUT2D eigenvalue weighted by molar-refractivity contribution is 7.10. The standard InChI is InChI=1S/C25H23NO3S/c27-23(18-13-12-16-7-4-5-8-17(16)15-18)21-22(20-11-6-14-30-20)26(25(29)24(21)28)19-9-2-1-3-10-19/h4-8,11-15,19,22,27H,1-3,9-10H2/b23-21-. The van der Waals surface area contributed by atoms with E-state index in [-0.39, 0.29) is 17.4 Å². The maximum Gasteiger partial charge on any atom is 0.295 e. The number of hydrogen-bond donors (Lipinski definition) is 1. The van der Waals surface area contributed by atoms with Crippen molar-refractivity contribution in [3.05, 3.63) is 76.0 Å². The summed E-state index contributed by atoms with van der Waals surface area (Å²) in [4.78, 5) is 28.9. The van der Waals surface area contributed by atoms with E-state index in [1.165, 1.54) is 17.8 Å². The fourth-order valence-electron chi connectivity index (χ4n) is 4.80. The SMILES string of the molecule is O=C1C(=O)N(C2CCCCC2)C(c2cccs2)/C1=C(/O)c1ccc2ccccc2c1. The lowest BCUT2D eigenvalue weighted by Gasteiger charge is -2.34. The number of fused-ring (bicyclic) bond motifs is 1. The number of thiophene rings is 1. The first kappa shape index (κ1) is 19.1. The van der Waals surface area contributed by atoms with Crippen LogP contribution in [0.5, 0.6) is 0 Å². The van der Waals surface area contributed by atoms with E-state index in [1.54, 1.807) is 4.90 Å². The number of amides is 1. The van der Waals surface area contributed by atoms with Gasteiger partial charge >= 0.3 is 0 Å². The van der Waals surface area contributed by atoms with Crippen LogP contribution < -0.4 is 0 Å². The highest BCUT2D eigenvalue weighted by atomic mass is 32.1. The number of aliphatic hydroxyl groups is 1. The summed E-state index contributed by atoms with van der Waals surface area (Å²) in [6.45, 7) is 0. The minimum atomic E-state index is -0.579. The average Bonchev–Trinajstić information content (AvgIpc) is 3.40. The Hall–Kier alpha value is -2.92. The van der Waals surface area contributed by atoms with Gasteiger partial charge in [-0.05, 0) is 41.1 Å². The minimum Gasteiger partial charge on any atom is -0.507 e. The second-order valence-electron chi connectivity index (χ2n) is 8.08. The predicted molar refractivity (Wildman–Crippen MR) is 119 cm³/mol. The number of likely N-dealkylation sites (tertiary alicyclic amines) is 1. The van der Waals surface area contributed by atoms with E-state index in [0.717, 1.165) is 41.3 Å². The zero-order chi connectivity index (χ0) is 20.7. The van der Waals surface area contributed by atoms with E-state index in [4.69, 9.17) is 0 Å². The van der Waals surface area contributed by atoms with Gasteiger partial charge < -0.3 is 10.0 Å². The monoisotopic (exact) mass is 417 g/mol. The molecule has 1 N–H and O–H groups in total. The smallest absolute Gasteiger partial charge is 0.295 e. The Kier molecular flexibility index (Phi) is 4.91. The molecule has 1 aromatic heterocycles. The average molecular weight is 418 g/mol. The fourth-order valence-corrected chi connectivity index (χ4v) is 5.64. The van der Waals surface area contributed by atoms with Crippen molar-refractivity contribution in [3.63, 3.8) is 0 Å². The quantitative estimate of drug-likeness (QED) is 0.340. The van der Waals surface area contributed by atoms with Crippen LogP contribution >= 0.6 is 11.3 Å². The molecule has 1 aliphatic heterocycles. The maximum absolute atomic E-state index is 13.1. The number of carbonyl (C=O) groups excluding carboxylic acids is 2. The fraction of sp³-hybridized carbons (Fsp3) is 0.280. The highest BCUT2D eigenvalue weighted by Crippen LogP contribution is 2.44. The van der Waals surface area contributed by atoms with Gasteiger partial charge in [-0.25, -0.2) is 0 Å². The van der Waals surface area contributed by atoms with Crippen LogP contribution in [0.1, 0.15) is 48.6 Å². The van der Waals surface area contributed by atoms with E-state index < -0.39 is 17.7 Å². The van der Waals surface area contributed by atoms with Gasteiger partial charge in [0.1, 0.15) is 5.76 Å². The maximum atomic E-state index is 13.1. The molecule has 1 unspecified atom stereocenters. The molecular formula is C25H23NO3S. The Balaban J connectivity index is 1.65. The van der Waals surface area contributed by atoms with Gasteiger partial charge in [0.05, 0.1) is 11.6 Å². The summed E-state index contributed by atoms with van der Waals surface area (Å²) in [7, 11) is 0. The third-order valence-corrected chi connectivity index (χ3v) is 7.21. The molecule has 5 rings (SSSR count). The van der Waals surface area contributed by atoms with Gasteiger partial charge in [-0.1, -0.05) is 61.7 Å². The number of ketones is 1. The minimum absolute atomic E-state index is 0.0456. The van der Waals surface area contributed by atoms with Crippen molar-refractivity contribution in [3.8, 4) is 0 Å². The van der Waals surface area contributed by atoms with Crippen LogP contribution in [0.3, 0.4) is 0 Å². The third kappa shape index (κ3) is 3.14. The third-order valence-electron chi connectivity index (χ3n) is 6.28. The summed E-state index contributed by atoms with van der Waals surface area (Å²) >= 11 is 1.52. The van der Waals surface area contributed by atoms with E-state index in [0.29, 0.717) is 5.56 Å². The number of benzene rings is 2. The molecule has 2 aromatic carbocycles. The number of nitrogens with zero attached hydrogens (tertiary/aromatic N) is 1. The van der Waals surface area contributed by atoms with Crippen molar-refractivity contribution < 1.29 is 14.7 Å². The Morgan fingerprint density at radius 1 is 0.933 bits per heavy atom. The van der Waals surface area contributed by atoms with Crippen LogP contribution in [-0.2, 0) is 9.59 Å². The molecule has 5 heteroatoms. The van der Waals surface area contributed by atoms with Gasteiger partial charge in [0, 0.05) is 16.5 Å². The van der Waals surface area contributed by atoms with Crippen molar-refractivity contribution in [1.29, 1.82) is 0 Å². The molecule has 2 fully saturated rings. The van der Waals surface area contributed by atoms with Crippen LogP contribution in [0.2, 0.25) is 0 Å². The van der Waals surface area contributed by atoms with Gasteiger partial charge in [0.15, 0.2) is 0 Å². The van der Waals surface area contributed by atoms with Gasteiger partial charge in [0.25, 0.3) is 11.7 Å². The first-order valence-electron chi connectivity index (χ1n) is 10.5. The van der Waals surface area contributed by atoms with Crippen LogP contribution in [0.25, 0.3) is 16.5 Å². The summed E-state index contributed by atoms with van der Waals surface area (Å²) < 4.78 is 0. The molecule has 152 valence electrons. The Morgan fingerprint density at radius 3 is 2.43 bits per heavy atom. The van der Waals surface area contributed by atoms with Gasteiger partial charge in [0.2, 0.25) is 0 Å². The molecular weight excluding hydrogens is 394 g/mol. The molecule has 3 aromatic rings. The number of rotatable bonds is 3. The number of aliphatic hydroxyl groups excluding tert-OH is 1. The Labute approximate surface area is 179 Å². The summed E-state index contributed by atoms with van der Waals surface area (Å²) in [5.74, 6) is -1.15. The molecule has 30 heavy (non-hydrogen) atoms. The molecule has 1 aliphatic carbocycles. The lowest BCUT2D eigenvalue weighted by molar-refractivity contribution is -0.141. The zero-order valence-corrected chi connectivity index (χ0v) is 17.4. The zero-order valence-electron chi connectivity index (χ0n) is 16.6. The predicted octanol–water partition coefficient (Wildman–Crippen LogP) is 5.66. The van der Waals surface area contributed by atoms with Crippen LogP contribution in [0.15, 0.2) is 65.6 Å². The van der Waals surface area contributed by atoms with Crippen molar-refractivity contribution in [2.75, 3.05) is 0 Å². The highest BCUT2D eigenvalue weighted by Gasteiger charge is 2.49. The van der Waals surface area contributed by atoms with Gasteiger partial charge in [-0.15, -0.1) is 11.3 Å². The molecule has 0 radical (unpaired) electrons. The molecule has 4 nitrogen and oxygen atoms in total. The second kappa shape index (κ2) is 7.73. The summed E-state index contributed by atoms with van der Waals surface area (Å²) in [6.07, 6.45) is 5.11. The summed E-state index contributed by atoms with van der Waals surface area (Å²) in [6, 6.07) is 16.9. The van der Waals surface area contributed by atoms with Crippen LogP contribution in [0.4, 0.5) is 0 Å². The molecule has 0 bridgehead atoms. The van der Waals surface area contributed by atoms with Gasteiger partial charge in [-0.2, -0.15) is 0 Å². The number of Topliss-reactive ketones (excluding diaryl/α,β-unsaturated/α-hetero) is 1. The molecule has 1 atom stereocenters. The van der Waals surface area contributed by atoms with E-state index in [2.05, 4.69) is 0 Å². The number of carbonyl (C=O) groups is 2. The molecule has 1 saturated heterocycles. The Bertz CT molecular complexity index is 1140. The van der Waals surface area contributed by atoms with Crippen molar-refractivity contribution in [2.45, 2.75) is 44.2 Å². The lowest BCUT2D eigenvalue weighted by atomic mass is 9.92. The lowest BCUT2D eigenvalue weighted by Crippen LogP contribution is -2.40. The van der Waals surface area contributed by atoms with Gasteiger partial charge in [-0.3, -0.25) is 9.59 Å². The molecule has 2 aliphatic rings. The number of hydrogen-bond acceptors (Lipinski definition) is 4. The molecule has 1 amide bonds. The van der Waals surface area contributed by atoms with Crippen molar-refractivity contribution >= 4 is 39.6 Å². The molecule has 2 heterocycles. The first-order chi connectivity index (χ1) is 14.6. The summed E-state index contributed by atoms with van der Waals surface area (Å²) in [5.41, 5.74) is 0.778. The topological polar surface area (TPSA) is 57.6 Å². The van der Waals surface area contributed by atoms with E-state index >= 15 is 0 Å². The van der Waals surface area contributed by atoms with Crippen molar-refractivity contribution in [1.82, 2.24) is 4.90 Å². The Morgan fingerprint density at radius 2 is 1.70 bits per heavy atom. The molecule has 1 saturated carbocycles. The normalized spacial score (nSPS) is 22.1. The summed E-state index contributed by atoms with van der Waals surface area (Å²) in [5, 5.41) is 15.2. The van der Waals surface area contributed by atoms with Crippen LogP contribution in [0, 0.1) is 0 Å². The van der Waals surface area contributed by atoms with E-state index in [1.807, 2.05) is 60.0 Å².